The summed E-state index contributed by atoms with van der Waals surface area (Å²) in [6.07, 6.45) is 1.88. The van der Waals surface area contributed by atoms with Crippen molar-refractivity contribution in [3.05, 3.63) is 29.8 Å². The fourth-order valence-electron chi connectivity index (χ4n) is 1.86. The van der Waals surface area contributed by atoms with Crippen LogP contribution in [-0.2, 0) is 10.0 Å². The van der Waals surface area contributed by atoms with E-state index in [-0.39, 0.29) is 23.9 Å². The summed E-state index contributed by atoms with van der Waals surface area (Å²) in [6, 6.07) is 9.81. The monoisotopic (exact) mass is 275 g/mol. The molecule has 2 rings (SSSR count). The molecule has 1 aliphatic carbocycles. The quantitative estimate of drug-likeness (QED) is 0.817. The Morgan fingerprint density at radius 3 is 2.32 bits per heavy atom. The molecule has 0 unspecified atom stereocenters. The topological polar surface area (TPSA) is 85.0 Å². The summed E-state index contributed by atoms with van der Waals surface area (Å²) in [5, 5.41) is 17.3. The molecular weight excluding hydrogens is 262 g/mol. The molecule has 0 aliphatic heterocycles. The number of nitriles is 2. The minimum atomic E-state index is -3.56. The van der Waals surface area contributed by atoms with E-state index in [1.165, 1.54) is 28.6 Å². The summed E-state index contributed by atoms with van der Waals surface area (Å²) < 4.78 is 26.3. The molecule has 0 N–H and O–H groups in total. The molecule has 0 atom stereocenters. The Kier molecular flexibility index (Phi) is 3.84. The number of hydrogen-bond acceptors (Lipinski definition) is 4. The average Bonchev–Trinajstić information content (AvgIpc) is 3.23. The number of hydrogen-bond donors (Lipinski definition) is 0. The van der Waals surface area contributed by atoms with Crippen LogP contribution in [0, 0.1) is 22.7 Å². The van der Waals surface area contributed by atoms with E-state index in [1.807, 2.05) is 12.1 Å². The highest BCUT2D eigenvalue weighted by atomic mass is 32.2. The molecule has 6 heteroatoms. The molecule has 0 spiro atoms. The van der Waals surface area contributed by atoms with Crippen molar-refractivity contribution in [2.75, 3.05) is 6.54 Å². The van der Waals surface area contributed by atoms with E-state index in [4.69, 9.17) is 10.5 Å². The lowest BCUT2D eigenvalue weighted by Gasteiger charge is -2.20. The predicted octanol–water partition coefficient (Wildman–Crippen LogP) is 1.63. The largest absolute Gasteiger partial charge is 0.243 e. The lowest BCUT2D eigenvalue weighted by atomic mass is 10.2. The summed E-state index contributed by atoms with van der Waals surface area (Å²) in [7, 11) is -3.56. The molecule has 1 saturated carbocycles. The normalized spacial score (nSPS) is 14.9. The van der Waals surface area contributed by atoms with Gasteiger partial charge < -0.3 is 0 Å². The highest BCUT2D eigenvalue weighted by Crippen LogP contribution is 2.32. The van der Waals surface area contributed by atoms with Gasteiger partial charge in [-0.1, -0.05) is 0 Å². The van der Waals surface area contributed by atoms with Gasteiger partial charge in [0.25, 0.3) is 0 Å². The second kappa shape index (κ2) is 5.40. The van der Waals surface area contributed by atoms with Gasteiger partial charge >= 0.3 is 0 Å². The van der Waals surface area contributed by atoms with Gasteiger partial charge in [-0.2, -0.15) is 14.8 Å². The van der Waals surface area contributed by atoms with E-state index in [2.05, 4.69) is 0 Å². The van der Waals surface area contributed by atoms with Crippen molar-refractivity contribution in [1.29, 1.82) is 10.5 Å². The molecule has 1 fully saturated rings. The second-order valence-electron chi connectivity index (χ2n) is 4.39. The SMILES string of the molecule is N#CCCN(C1CC1)S(=O)(=O)c1ccc(C#N)cc1. The number of rotatable bonds is 5. The van der Waals surface area contributed by atoms with Crippen LogP contribution in [0.15, 0.2) is 29.2 Å². The van der Waals surface area contributed by atoms with E-state index in [0.717, 1.165) is 12.8 Å². The molecule has 1 aromatic rings. The molecule has 98 valence electrons. The van der Waals surface area contributed by atoms with Crippen LogP contribution < -0.4 is 0 Å². The third-order valence-electron chi connectivity index (χ3n) is 2.99. The Balaban J connectivity index is 2.28. The Hall–Kier alpha value is -1.89. The van der Waals surface area contributed by atoms with Crippen LogP contribution >= 0.6 is 0 Å². The van der Waals surface area contributed by atoms with Crippen molar-refractivity contribution >= 4 is 10.0 Å². The molecule has 1 aliphatic rings. The van der Waals surface area contributed by atoms with Crippen molar-refractivity contribution in [3.8, 4) is 12.1 Å². The van der Waals surface area contributed by atoms with Crippen molar-refractivity contribution < 1.29 is 8.42 Å². The summed E-state index contributed by atoms with van der Waals surface area (Å²) in [5.74, 6) is 0. The van der Waals surface area contributed by atoms with Gasteiger partial charge in [0, 0.05) is 19.0 Å². The van der Waals surface area contributed by atoms with E-state index in [1.54, 1.807) is 0 Å². The molecule has 0 heterocycles. The molecular formula is C13H13N3O2S. The molecule has 0 aromatic heterocycles. The van der Waals surface area contributed by atoms with Gasteiger partial charge in [-0.3, -0.25) is 0 Å². The molecule has 1 aromatic carbocycles. The third-order valence-corrected chi connectivity index (χ3v) is 4.95. The van der Waals surface area contributed by atoms with Crippen LogP contribution in [0.4, 0.5) is 0 Å². The van der Waals surface area contributed by atoms with Crippen LogP contribution in [0.3, 0.4) is 0 Å². The summed E-state index contributed by atoms with van der Waals surface area (Å²) >= 11 is 0. The maximum Gasteiger partial charge on any atom is 0.243 e. The molecule has 0 radical (unpaired) electrons. The summed E-state index contributed by atoms with van der Waals surface area (Å²) in [6.45, 7) is 0.226. The van der Waals surface area contributed by atoms with E-state index < -0.39 is 10.0 Å². The fourth-order valence-corrected chi connectivity index (χ4v) is 3.54. The molecule has 0 amide bonds. The first-order valence-corrected chi connectivity index (χ1v) is 7.42. The first-order chi connectivity index (χ1) is 9.09. The van der Waals surface area contributed by atoms with Crippen molar-refractivity contribution in [2.24, 2.45) is 0 Å². The van der Waals surface area contributed by atoms with Gasteiger partial charge in [0.2, 0.25) is 10.0 Å². The summed E-state index contributed by atoms with van der Waals surface area (Å²) in [5.41, 5.74) is 0.425. The van der Waals surface area contributed by atoms with Gasteiger partial charge in [-0.05, 0) is 37.1 Å². The van der Waals surface area contributed by atoms with E-state index in [0.29, 0.717) is 5.56 Å². The van der Waals surface area contributed by atoms with Crippen LogP contribution in [0.2, 0.25) is 0 Å². The molecule has 0 bridgehead atoms. The van der Waals surface area contributed by atoms with Gasteiger partial charge in [0.15, 0.2) is 0 Å². The van der Waals surface area contributed by atoms with Crippen molar-refractivity contribution in [3.63, 3.8) is 0 Å². The van der Waals surface area contributed by atoms with Gasteiger partial charge in [-0.25, -0.2) is 8.42 Å². The van der Waals surface area contributed by atoms with Gasteiger partial charge in [0.05, 0.1) is 22.6 Å². The Morgan fingerprint density at radius 2 is 1.84 bits per heavy atom. The molecule has 5 nitrogen and oxygen atoms in total. The number of benzene rings is 1. The van der Waals surface area contributed by atoms with Crippen molar-refractivity contribution in [2.45, 2.75) is 30.2 Å². The van der Waals surface area contributed by atoms with Gasteiger partial charge in [-0.15, -0.1) is 0 Å². The van der Waals surface area contributed by atoms with Crippen LogP contribution in [-0.4, -0.2) is 25.3 Å². The van der Waals surface area contributed by atoms with E-state index >= 15 is 0 Å². The minimum Gasteiger partial charge on any atom is -0.207 e. The van der Waals surface area contributed by atoms with Crippen LogP contribution in [0.5, 0.6) is 0 Å². The Morgan fingerprint density at radius 1 is 1.21 bits per heavy atom. The van der Waals surface area contributed by atoms with Crippen LogP contribution in [0.1, 0.15) is 24.8 Å². The minimum absolute atomic E-state index is 0.0222. The smallest absolute Gasteiger partial charge is 0.207 e. The zero-order valence-corrected chi connectivity index (χ0v) is 11.1. The van der Waals surface area contributed by atoms with E-state index in [9.17, 15) is 8.42 Å². The van der Waals surface area contributed by atoms with Crippen molar-refractivity contribution in [1.82, 2.24) is 4.31 Å². The first-order valence-electron chi connectivity index (χ1n) is 5.98. The zero-order valence-electron chi connectivity index (χ0n) is 10.3. The highest BCUT2D eigenvalue weighted by Gasteiger charge is 2.37. The van der Waals surface area contributed by atoms with Crippen LogP contribution in [0.25, 0.3) is 0 Å². The predicted molar refractivity (Wildman–Crippen MR) is 68.3 cm³/mol. The number of sulfonamides is 1. The average molecular weight is 275 g/mol. The highest BCUT2D eigenvalue weighted by molar-refractivity contribution is 7.89. The standard InChI is InChI=1S/C13H13N3O2S/c14-8-1-9-16(12-4-5-12)19(17,18)13-6-2-11(10-15)3-7-13/h2-3,6-7,12H,1,4-5,9H2. The third kappa shape index (κ3) is 2.93. The number of nitrogens with zero attached hydrogens (tertiary/aromatic N) is 3. The first kappa shape index (κ1) is 13.5. The fraction of sp³-hybridized carbons (Fsp3) is 0.385. The lowest BCUT2D eigenvalue weighted by molar-refractivity contribution is 0.411. The Bertz CT molecular complexity index is 634. The second-order valence-corrected chi connectivity index (χ2v) is 6.28. The maximum atomic E-state index is 12.5. The zero-order chi connectivity index (χ0) is 13.9. The Labute approximate surface area is 112 Å². The molecule has 0 saturated heterocycles. The lowest BCUT2D eigenvalue weighted by Crippen LogP contribution is -2.33. The van der Waals surface area contributed by atoms with Gasteiger partial charge in [0.1, 0.15) is 0 Å². The molecule has 19 heavy (non-hydrogen) atoms. The maximum absolute atomic E-state index is 12.5. The summed E-state index contributed by atoms with van der Waals surface area (Å²) in [4.78, 5) is 0.177.